The van der Waals surface area contributed by atoms with Crippen LogP contribution in [0.4, 0.5) is 0 Å². The molecule has 0 saturated carbocycles. The Morgan fingerprint density at radius 1 is 0.391 bits per heavy atom. The largest absolute Gasteiger partial charge is 0.192 e. The van der Waals surface area contributed by atoms with Crippen LogP contribution >= 0.6 is 22.7 Å². The van der Waals surface area contributed by atoms with Gasteiger partial charge in [0.15, 0.2) is 0 Å². The predicted octanol–water partition coefficient (Wildman–Crippen LogP) is 13.0. The van der Waals surface area contributed by atoms with Crippen molar-refractivity contribution in [3.63, 3.8) is 0 Å². The zero-order valence-electron chi connectivity index (χ0n) is 24.7. The Balaban J connectivity index is 1.36. The fourth-order valence-electron chi connectivity index (χ4n) is 6.83. The van der Waals surface area contributed by atoms with Gasteiger partial charge < -0.3 is 0 Å². The number of nitriles is 1. The van der Waals surface area contributed by atoms with Crippen LogP contribution < -0.4 is 0 Å². The number of thiophene rings is 2. The highest BCUT2D eigenvalue weighted by molar-refractivity contribution is 7.26. The molecule has 0 bridgehead atoms. The molecule has 7 aromatic carbocycles. The van der Waals surface area contributed by atoms with Gasteiger partial charge in [-0.25, -0.2) is 0 Å². The average molecular weight is 620 g/mol. The smallest absolute Gasteiger partial charge is 0.0998 e. The fraction of sp³-hybridized carbons (Fsp3) is 0. The van der Waals surface area contributed by atoms with Crippen LogP contribution in [0.5, 0.6) is 0 Å². The van der Waals surface area contributed by atoms with Gasteiger partial charge in [0.2, 0.25) is 0 Å². The first-order chi connectivity index (χ1) is 22.7. The number of hydrogen-bond donors (Lipinski definition) is 0. The summed E-state index contributed by atoms with van der Waals surface area (Å²) in [5.41, 5.74) is 9.46. The highest BCUT2D eigenvalue weighted by atomic mass is 32.1. The van der Waals surface area contributed by atoms with Gasteiger partial charge in [-0.3, -0.25) is 0 Å². The van der Waals surface area contributed by atoms with Crippen molar-refractivity contribution in [2.24, 2.45) is 0 Å². The number of nitrogens with zero attached hydrogens (tertiary/aromatic N) is 1. The minimum absolute atomic E-state index is 0.669. The van der Waals surface area contributed by atoms with E-state index in [4.69, 9.17) is 0 Å². The van der Waals surface area contributed by atoms with Gasteiger partial charge in [0.05, 0.1) is 11.6 Å². The van der Waals surface area contributed by atoms with E-state index < -0.39 is 0 Å². The lowest BCUT2D eigenvalue weighted by atomic mass is 9.86. The molecule has 214 valence electrons. The van der Waals surface area contributed by atoms with Crippen LogP contribution in [-0.2, 0) is 0 Å². The third-order valence-corrected chi connectivity index (χ3v) is 11.2. The van der Waals surface area contributed by atoms with Crippen LogP contribution in [-0.4, -0.2) is 0 Å². The molecule has 0 unspecified atom stereocenters. The van der Waals surface area contributed by atoms with Gasteiger partial charge in [-0.05, 0) is 93.5 Å². The molecule has 1 nitrogen and oxygen atoms in total. The van der Waals surface area contributed by atoms with Crippen molar-refractivity contribution in [1.82, 2.24) is 0 Å². The van der Waals surface area contributed by atoms with Crippen molar-refractivity contribution < 1.29 is 0 Å². The summed E-state index contributed by atoms with van der Waals surface area (Å²) < 4.78 is 5.16. The first kappa shape index (κ1) is 26.8. The second-order valence-corrected chi connectivity index (χ2v) is 13.8. The number of benzene rings is 7. The Hall–Kier alpha value is -5.53. The Morgan fingerprint density at radius 2 is 1.02 bits per heavy atom. The second-order valence-electron chi connectivity index (χ2n) is 11.6. The standard InChI is InChI=1S/C43H25NS2/c44-26-29-12-8-15-33(27-10-2-1-3-11-27)42(29)32-23-30(28-20-21-40-37(25-28)35-13-4-6-17-38(35)45-40)22-31(24-32)34-16-9-19-41-43(34)36-14-5-7-18-39(36)46-41/h1-25H. The molecule has 2 aromatic heterocycles. The molecule has 0 fully saturated rings. The highest BCUT2D eigenvalue weighted by Crippen LogP contribution is 2.44. The van der Waals surface area contributed by atoms with Crippen molar-refractivity contribution in [2.45, 2.75) is 0 Å². The Kier molecular flexibility index (Phi) is 6.31. The summed E-state index contributed by atoms with van der Waals surface area (Å²) >= 11 is 3.68. The highest BCUT2D eigenvalue weighted by Gasteiger charge is 2.18. The summed E-state index contributed by atoms with van der Waals surface area (Å²) in [5.74, 6) is 0. The van der Waals surface area contributed by atoms with Gasteiger partial charge in [0.25, 0.3) is 0 Å². The van der Waals surface area contributed by atoms with Crippen LogP contribution in [0.2, 0.25) is 0 Å². The summed E-state index contributed by atoms with van der Waals surface area (Å²) in [5, 5.41) is 15.5. The molecule has 0 radical (unpaired) electrons. The van der Waals surface area contributed by atoms with E-state index >= 15 is 0 Å². The van der Waals surface area contributed by atoms with Crippen molar-refractivity contribution in [1.29, 1.82) is 5.26 Å². The minimum Gasteiger partial charge on any atom is -0.192 e. The lowest BCUT2D eigenvalue weighted by Gasteiger charge is -2.16. The normalized spacial score (nSPS) is 11.5. The molecule has 0 aliphatic rings. The van der Waals surface area contributed by atoms with Crippen LogP contribution in [0.1, 0.15) is 5.56 Å². The van der Waals surface area contributed by atoms with Crippen LogP contribution in [0, 0.1) is 11.3 Å². The molecule has 0 spiro atoms. The molecule has 0 atom stereocenters. The van der Waals surface area contributed by atoms with Crippen LogP contribution in [0.15, 0.2) is 152 Å². The fourth-order valence-corrected chi connectivity index (χ4v) is 9.05. The summed E-state index contributed by atoms with van der Waals surface area (Å²) in [4.78, 5) is 0. The zero-order valence-corrected chi connectivity index (χ0v) is 26.3. The van der Waals surface area contributed by atoms with E-state index in [-0.39, 0.29) is 0 Å². The van der Waals surface area contributed by atoms with Gasteiger partial charge in [0.1, 0.15) is 0 Å². The van der Waals surface area contributed by atoms with E-state index in [0.29, 0.717) is 5.56 Å². The maximum Gasteiger partial charge on any atom is 0.0998 e. The van der Waals surface area contributed by atoms with E-state index in [1.807, 2.05) is 40.9 Å². The lowest BCUT2D eigenvalue weighted by Crippen LogP contribution is -1.92. The SMILES string of the molecule is N#Cc1cccc(-c2ccccc2)c1-c1cc(-c2ccc3sc4ccccc4c3c2)cc(-c2cccc3sc4ccccc4c23)c1. The summed E-state index contributed by atoms with van der Waals surface area (Å²) in [6.45, 7) is 0. The van der Waals surface area contributed by atoms with E-state index in [9.17, 15) is 5.26 Å². The van der Waals surface area contributed by atoms with Gasteiger partial charge in [0, 0.05) is 45.9 Å². The van der Waals surface area contributed by atoms with E-state index in [1.165, 1.54) is 45.9 Å². The second kappa shape index (κ2) is 10.8. The molecule has 9 rings (SSSR count). The van der Waals surface area contributed by atoms with E-state index in [2.05, 4.69) is 140 Å². The van der Waals surface area contributed by atoms with Gasteiger partial charge >= 0.3 is 0 Å². The maximum atomic E-state index is 10.4. The predicted molar refractivity (Wildman–Crippen MR) is 199 cm³/mol. The summed E-state index contributed by atoms with van der Waals surface area (Å²) in [6, 6.07) is 56.7. The molecule has 0 N–H and O–H groups in total. The first-order valence-corrected chi connectivity index (χ1v) is 16.9. The number of rotatable bonds is 4. The molecule has 46 heavy (non-hydrogen) atoms. The number of hydrogen-bond acceptors (Lipinski definition) is 3. The van der Waals surface area contributed by atoms with E-state index in [0.717, 1.165) is 38.9 Å². The van der Waals surface area contributed by atoms with Crippen molar-refractivity contribution in [3.8, 4) is 50.6 Å². The molecular formula is C43H25NS2. The van der Waals surface area contributed by atoms with E-state index in [1.54, 1.807) is 0 Å². The molecule has 2 heterocycles. The average Bonchev–Trinajstić information content (AvgIpc) is 3.69. The van der Waals surface area contributed by atoms with Gasteiger partial charge in [-0.15, -0.1) is 22.7 Å². The van der Waals surface area contributed by atoms with Crippen molar-refractivity contribution >= 4 is 63.0 Å². The zero-order chi connectivity index (χ0) is 30.6. The Labute approximate surface area is 274 Å². The van der Waals surface area contributed by atoms with Crippen LogP contribution in [0.25, 0.3) is 84.9 Å². The monoisotopic (exact) mass is 619 g/mol. The Bertz CT molecular complexity index is 2650. The van der Waals surface area contributed by atoms with Gasteiger partial charge in [-0.2, -0.15) is 5.26 Å². The van der Waals surface area contributed by atoms with Crippen LogP contribution in [0.3, 0.4) is 0 Å². The molecule has 3 heteroatoms. The topological polar surface area (TPSA) is 23.8 Å². The van der Waals surface area contributed by atoms with Crippen molar-refractivity contribution in [2.75, 3.05) is 0 Å². The maximum absolute atomic E-state index is 10.4. The van der Waals surface area contributed by atoms with Gasteiger partial charge in [-0.1, -0.05) is 97.1 Å². The molecule has 9 aromatic rings. The third-order valence-electron chi connectivity index (χ3n) is 8.91. The summed E-state index contributed by atoms with van der Waals surface area (Å²) in [6.07, 6.45) is 0. The third kappa shape index (κ3) is 4.35. The molecular weight excluding hydrogens is 595 g/mol. The van der Waals surface area contributed by atoms with Crippen molar-refractivity contribution in [3.05, 3.63) is 157 Å². The molecule has 0 saturated heterocycles. The first-order valence-electron chi connectivity index (χ1n) is 15.3. The molecule has 0 aliphatic heterocycles. The Morgan fingerprint density at radius 3 is 1.87 bits per heavy atom. The minimum atomic E-state index is 0.669. The molecule has 0 amide bonds. The summed E-state index contributed by atoms with van der Waals surface area (Å²) in [7, 11) is 0. The molecule has 0 aliphatic carbocycles. The number of fused-ring (bicyclic) bond motifs is 6. The quantitative estimate of drug-likeness (QED) is 0.192. The lowest BCUT2D eigenvalue weighted by molar-refractivity contribution is 1.47.